The molecular weight excluding hydrogens is 261 g/mol. The van der Waals surface area contributed by atoms with Crippen LogP contribution < -0.4 is 4.74 Å². The molecule has 4 nitrogen and oxygen atoms in total. The lowest BCUT2D eigenvalue weighted by atomic mass is 10.3. The number of halogens is 2. The Labute approximate surface area is 107 Å². The zero-order chi connectivity index (χ0) is 13.1. The largest absolute Gasteiger partial charge is 0.477 e. The number of aromatic carboxylic acids is 1. The summed E-state index contributed by atoms with van der Waals surface area (Å²) in [6.07, 6.45) is 1.26. The Hall–Kier alpha value is -2.14. The molecule has 1 heterocycles. The van der Waals surface area contributed by atoms with Crippen LogP contribution in [0, 0.1) is 5.82 Å². The van der Waals surface area contributed by atoms with Crippen molar-refractivity contribution in [1.82, 2.24) is 4.98 Å². The first-order chi connectivity index (χ1) is 8.56. The molecule has 1 aromatic heterocycles. The van der Waals surface area contributed by atoms with Gasteiger partial charge in [0.25, 0.3) is 0 Å². The maximum Gasteiger partial charge on any atom is 0.354 e. The van der Waals surface area contributed by atoms with E-state index in [-0.39, 0.29) is 10.7 Å². The lowest BCUT2D eigenvalue weighted by molar-refractivity contribution is 0.0690. The van der Waals surface area contributed by atoms with E-state index < -0.39 is 11.8 Å². The quantitative estimate of drug-likeness (QED) is 0.926. The van der Waals surface area contributed by atoms with Crippen LogP contribution in [0.15, 0.2) is 36.5 Å². The van der Waals surface area contributed by atoms with E-state index >= 15 is 0 Å². The first kappa shape index (κ1) is 12.3. The van der Waals surface area contributed by atoms with Crippen LogP contribution in [0.2, 0.25) is 5.02 Å². The predicted octanol–water partition coefficient (Wildman–Crippen LogP) is 3.36. The molecule has 0 spiro atoms. The average Bonchev–Trinajstić information content (AvgIpc) is 2.34. The highest BCUT2D eigenvalue weighted by atomic mass is 35.5. The van der Waals surface area contributed by atoms with E-state index in [1.165, 1.54) is 36.5 Å². The van der Waals surface area contributed by atoms with Gasteiger partial charge in [-0.3, -0.25) is 0 Å². The van der Waals surface area contributed by atoms with E-state index in [1.54, 1.807) is 0 Å². The zero-order valence-electron chi connectivity index (χ0n) is 8.93. The lowest BCUT2D eigenvalue weighted by Gasteiger charge is -2.05. The molecule has 92 valence electrons. The van der Waals surface area contributed by atoms with Crippen LogP contribution in [0.1, 0.15) is 10.5 Å². The maximum absolute atomic E-state index is 12.9. The summed E-state index contributed by atoms with van der Waals surface area (Å²) in [5.74, 6) is -0.983. The molecule has 0 aliphatic rings. The number of hydrogen-bond acceptors (Lipinski definition) is 3. The fourth-order valence-electron chi connectivity index (χ4n) is 1.24. The molecule has 0 radical (unpaired) electrons. The Morgan fingerprint density at radius 2 is 2.00 bits per heavy atom. The topological polar surface area (TPSA) is 59.4 Å². The number of aromatic nitrogens is 1. The summed E-state index contributed by atoms with van der Waals surface area (Å²) in [7, 11) is 0. The number of carbonyl (C=O) groups is 1. The van der Waals surface area contributed by atoms with Crippen molar-refractivity contribution in [2.75, 3.05) is 0 Å². The molecule has 0 bridgehead atoms. The van der Waals surface area contributed by atoms with E-state index in [1.807, 2.05) is 0 Å². The molecule has 6 heteroatoms. The SMILES string of the molecule is O=C(O)c1ccc(Oc2ccc(F)c(Cl)c2)cn1. The normalized spacial score (nSPS) is 10.1. The first-order valence-corrected chi connectivity index (χ1v) is 5.26. The molecule has 0 aliphatic heterocycles. The molecule has 1 aromatic carbocycles. The van der Waals surface area contributed by atoms with Gasteiger partial charge in [0.2, 0.25) is 0 Å². The molecule has 0 fully saturated rings. The fourth-order valence-corrected chi connectivity index (χ4v) is 1.41. The van der Waals surface area contributed by atoms with Gasteiger partial charge in [-0.25, -0.2) is 14.2 Å². The van der Waals surface area contributed by atoms with Crippen molar-refractivity contribution in [3.05, 3.63) is 53.1 Å². The molecule has 2 aromatic rings. The Kier molecular flexibility index (Phi) is 3.43. The third-order valence-corrected chi connectivity index (χ3v) is 2.37. The number of carboxylic acids is 1. The smallest absolute Gasteiger partial charge is 0.354 e. The van der Waals surface area contributed by atoms with Gasteiger partial charge in [0, 0.05) is 6.07 Å². The summed E-state index contributed by atoms with van der Waals surface area (Å²) < 4.78 is 18.3. The van der Waals surface area contributed by atoms with Gasteiger partial charge in [0.1, 0.15) is 23.0 Å². The van der Waals surface area contributed by atoms with Gasteiger partial charge in [0.05, 0.1) is 11.2 Å². The summed E-state index contributed by atoms with van der Waals surface area (Å²) in [6, 6.07) is 6.67. The number of benzene rings is 1. The van der Waals surface area contributed by atoms with Crippen LogP contribution >= 0.6 is 11.6 Å². The third-order valence-electron chi connectivity index (χ3n) is 2.08. The van der Waals surface area contributed by atoms with Crippen molar-refractivity contribution in [2.45, 2.75) is 0 Å². The molecule has 1 N–H and O–H groups in total. The fraction of sp³-hybridized carbons (Fsp3) is 0. The van der Waals surface area contributed by atoms with Gasteiger partial charge in [-0.05, 0) is 24.3 Å². The summed E-state index contributed by atoms with van der Waals surface area (Å²) in [4.78, 5) is 14.3. The van der Waals surface area contributed by atoms with Gasteiger partial charge in [0.15, 0.2) is 0 Å². The highest BCUT2D eigenvalue weighted by Crippen LogP contribution is 2.25. The van der Waals surface area contributed by atoms with Crippen LogP contribution in [0.5, 0.6) is 11.5 Å². The summed E-state index contributed by atoms with van der Waals surface area (Å²) in [6.45, 7) is 0. The second-order valence-corrected chi connectivity index (χ2v) is 3.77. The molecule has 18 heavy (non-hydrogen) atoms. The summed E-state index contributed by atoms with van der Waals surface area (Å²) in [5, 5.41) is 8.62. The van der Waals surface area contributed by atoms with E-state index in [4.69, 9.17) is 21.4 Å². The van der Waals surface area contributed by atoms with Crippen molar-refractivity contribution < 1.29 is 19.0 Å². The summed E-state index contributed by atoms with van der Waals surface area (Å²) >= 11 is 5.60. The minimum absolute atomic E-state index is 0.0531. The minimum Gasteiger partial charge on any atom is -0.477 e. The van der Waals surface area contributed by atoms with E-state index in [0.717, 1.165) is 0 Å². The molecule has 0 unspecified atom stereocenters. The van der Waals surface area contributed by atoms with Gasteiger partial charge in [-0.2, -0.15) is 0 Å². The molecule has 2 rings (SSSR count). The number of hydrogen-bond donors (Lipinski definition) is 1. The second-order valence-electron chi connectivity index (χ2n) is 3.36. The Balaban J connectivity index is 2.18. The number of carboxylic acid groups (broad SMARTS) is 1. The molecule has 0 aliphatic carbocycles. The van der Waals surface area contributed by atoms with Crippen molar-refractivity contribution >= 4 is 17.6 Å². The number of rotatable bonds is 3. The number of pyridine rings is 1. The van der Waals surface area contributed by atoms with Crippen LogP contribution in [0.3, 0.4) is 0 Å². The Morgan fingerprint density at radius 3 is 2.56 bits per heavy atom. The van der Waals surface area contributed by atoms with Gasteiger partial charge in [-0.1, -0.05) is 11.6 Å². The van der Waals surface area contributed by atoms with E-state index in [2.05, 4.69) is 4.98 Å². The van der Waals surface area contributed by atoms with Crippen molar-refractivity contribution in [2.24, 2.45) is 0 Å². The van der Waals surface area contributed by atoms with E-state index in [0.29, 0.717) is 11.5 Å². The molecular formula is C12H7ClFNO3. The summed E-state index contributed by atoms with van der Waals surface area (Å²) in [5.41, 5.74) is -0.0838. The number of ether oxygens (including phenoxy) is 1. The average molecular weight is 268 g/mol. The standard InChI is InChI=1S/C12H7ClFNO3/c13-9-5-7(1-3-10(9)14)18-8-2-4-11(12(16)17)15-6-8/h1-6H,(H,16,17). The molecule has 0 saturated carbocycles. The lowest BCUT2D eigenvalue weighted by Crippen LogP contribution is -1.99. The highest BCUT2D eigenvalue weighted by Gasteiger charge is 2.06. The van der Waals surface area contributed by atoms with E-state index in [9.17, 15) is 9.18 Å². The monoisotopic (exact) mass is 267 g/mol. The van der Waals surface area contributed by atoms with Crippen LogP contribution in [-0.4, -0.2) is 16.1 Å². The van der Waals surface area contributed by atoms with Crippen LogP contribution in [-0.2, 0) is 0 Å². The van der Waals surface area contributed by atoms with Crippen molar-refractivity contribution in [1.29, 1.82) is 0 Å². The number of nitrogens with zero attached hydrogens (tertiary/aromatic N) is 1. The predicted molar refractivity (Wildman–Crippen MR) is 62.7 cm³/mol. The first-order valence-electron chi connectivity index (χ1n) is 4.88. The molecule has 0 amide bonds. The maximum atomic E-state index is 12.9. The van der Waals surface area contributed by atoms with Crippen LogP contribution in [0.25, 0.3) is 0 Å². The zero-order valence-corrected chi connectivity index (χ0v) is 9.69. The molecule has 0 saturated heterocycles. The van der Waals surface area contributed by atoms with Gasteiger partial charge in [-0.15, -0.1) is 0 Å². The second kappa shape index (κ2) is 5.01. The third kappa shape index (κ3) is 2.75. The Bertz CT molecular complexity index is 586. The van der Waals surface area contributed by atoms with Gasteiger partial charge < -0.3 is 9.84 Å². The van der Waals surface area contributed by atoms with Crippen molar-refractivity contribution in [3.8, 4) is 11.5 Å². The molecule has 0 atom stereocenters. The highest BCUT2D eigenvalue weighted by molar-refractivity contribution is 6.30. The minimum atomic E-state index is -1.12. The van der Waals surface area contributed by atoms with Crippen LogP contribution in [0.4, 0.5) is 4.39 Å². The Morgan fingerprint density at radius 1 is 1.28 bits per heavy atom. The van der Waals surface area contributed by atoms with Crippen molar-refractivity contribution in [3.63, 3.8) is 0 Å². The van der Waals surface area contributed by atoms with Gasteiger partial charge >= 0.3 is 5.97 Å².